The number of fused-ring (bicyclic) bond motifs is 1. The molecular formula is C9H8F3N3OS. The number of thioether (sulfide) groups is 1. The van der Waals surface area contributed by atoms with Crippen molar-refractivity contribution in [3.63, 3.8) is 0 Å². The second kappa shape index (κ2) is 4.53. The molecule has 0 unspecified atom stereocenters. The lowest BCUT2D eigenvalue weighted by atomic mass is 10.4. The molecule has 0 radical (unpaired) electrons. The number of halogens is 3. The van der Waals surface area contributed by atoms with Crippen LogP contribution in [0, 0.1) is 0 Å². The highest BCUT2D eigenvalue weighted by molar-refractivity contribution is 7.99. The molecule has 8 heteroatoms. The molecule has 1 N–H and O–H groups in total. The van der Waals surface area contributed by atoms with Gasteiger partial charge in [0.2, 0.25) is 0 Å². The van der Waals surface area contributed by atoms with Crippen LogP contribution in [0.5, 0.6) is 0 Å². The average molecular weight is 263 g/mol. The van der Waals surface area contributed by atoms with Crippen LogP contribution < -0.4 is 0 Å². The zero-order valence-electron chi connectivity index (χ0n) is 8.48. The zero-order valence-corrected chi connectivity index (χ0v) is 9.29. The van der Waals surface area contributed by atoms with Crippen LogP contribution in [0.4, 0.5) is 13.2 Å². The number of aliphatic hydroxyl groups is 1. The highest BCUT2D eigenvalue weighted by Crippen LogP contribution is 2.30. The van der Waals surface area contributed by atoms with Crippen LogP contribution in [-0.4, -0.2) is 32.1 Å². The van der Waals surface area contributed by atoms with Gasteiger partial charge < -0.3 is 5.11 Å². The molecule has 0 spiro atoms. The van der Waals surface area contributed by atoms with Gasteiger partial charge in [0.15, 0.2) is 5.69 Å². The molecule has 2 aromatic heterocycles. The molecule has 0 saturated heterocycles. The van der Waals surface area contributed by atoms with Crippen molar-refractivity contribution in [1.29, 1.82) is 0 Å². The maximum Gasteiger partial charge on any atom is 0.435 e. The quantitative estimate of drug-likeness (QED) is 0.858. The molecule has 2 rings (SSSR count). The molecular weight excluding hydrogens is 255 g/mol. The lowest BCUT2D eigenvalue weighted by Crippen LogP contribution is -2.05. The van der Waals surface area contributed by atoms with E-state index in [9.17, 15) is 13.2 Å². The van der Waals surface area contributed by atoms with Gasteiger partial charge in [-0.1, -0.05) is 0 Å². The van der Waals surface area contributed by atoms with Gasteiger partial charge in [-0.05, 0) is 6.07 Å². The highest BCUT2D eigenvalue weighted by Gasteiger charge is 2.34. The van der Waals surface area contributed by atoms with Crippen molar-refractivity contribution in [1.82, 2.24) is 14.6 Å². The topological polar surface area (TPSA) is 50.4 Å². The molecule has 2 aromatic rings. The first kappa shape index (κ1) is 12.2. The van der Waals surface area contributed by atoms with Crippen LogP contribution in [-0.2, 0) is 6.18 Å². The molecule has 2 heterocycles. The second-order valence-corrected chi connectivity index (χ2v) is 4.25. The number of alkyl halides is 3. The van der Waals surface area contributed by atoms with E-state index in [1.54, 1.807) is 0 Å². The number of aliphatic hydroxyl groups excluding tert-OH is 1. The lowest BCUT2D eigenvalue weighted by Gasteiger charge is -1.99. The normalized spacial score (nSPS) is 12.2. The molecule has 0 bridgehead atoms. The van der Waals surface area contributed by atoms with E-state index in [0.29, 0.717) is 16.3 Å². The third-order valence-corrected chi connectivity index (χ3v) is 2.95. The van der Waals surface area contributed by atoms with Gasteiger partial charge in [-0.25, -0.2) is 9.50 Å². The molecule has 4 nitrogen and oxygen atoms in total. The van der Waals surface area contributed by atoms with Gasteiger partial charge in [0.05, 0.1) is 12.1 Å². The molecule has 0 saturated carbocycles. The third-order valence-electron chi connectivity index (χ3n) is 1.98. The predicted octanol–water partition coefficient (Wildman–Crippen LogP) is 1.83. The van der Waals surface area contributed by atoms with Gasteiger partial charge in [-0.2, -0.15) is 18.3 Å². The summed E-state index contributed by atoms with van der Waals surface area (Å²) in [5.74, 6) is 0.374. The molecule has 0 aliphatic rings. The van der Waals surface area contributed by atoms with Gasteiger partial charge in [0.1, 0.15) is 5.03 Å². The Kier molecular flexibility index (Phi) is 3.25. The van der Waals surface area contributed by atoms with E-state index in [1.165, 1.54) is 24.2 Å². The fourth-order valence-corrected chi connectivity index (χ4v) is 2.01. The number of hydrogen-bond donors (Lipinski definition) is 1. The minimum Gasteiger partial charge on any atom is -0.396 e. The number of hydrogen-bond acceptors (Lipinski definition) is 4. The van der Waals surface area contributed by atoms with E-state index in [1.807, 2.05) is 0 Å². The van der Waals surface area contributed by atoms with Crippen LogP contribution in [0.3, 0.4) is 0 Å². The maximum atomic E-state index is 12.5. The zero-order chi connectivity index (χ0) is 12.5. The molecule has 17 heavy (non-hydrogen) atoms. The van der Waals surface area contributed by atoms with E-state index in [2.05, 4.69) is 10.1 Å². The summed E-state index contributed by atoms with van der Waals surface area (Å²) in [5.41, 5.74) is -0.658. The second-order valence-electron chi connectivity index (χ2n) is 3.16. The first-order valence-corrected chi connectivity index (χ1v) is 5.66. The van der Waals surface area contributed by atoms with Crippen LogP contribution in [0.1, 0.15) is 5.69 Å². The van der Waals surface area contributed by atoms with Crippen LogP contribution in [0.25, 0.3) is 5.52 Å². The minimum absolute atomic E-state index is 0.0618. The summed E-state index contributed by atoms with van der Waals surface area (Å²) in [6.45, 7) is -0.0618. The summed E-state index contributed by atoms with van der Waals surface area (Å²) in [7, 11) is 0. The summed E-state index contributed by atoms with van der Waals surface area (Å²) in [5, 5.41) is 12.5. The number of nitrogens with zero attached hydrogens (tertiary/aromatic N) is 3. The smallest absolute Gasteiger partial charge is 0.396 e. The summed E-state index contributed by atoms with van der Waals surface area (Å²) in [4.78, 5) is 3.96. The van der Waals surface area contributed by atoms with Crippen molar-refractivity contribution in [2.75, 3.05) is 12.4 Å². The Balaban J connectivity index is 2.45. The van der Waals surface area contributed by atoms with E-state index < -0.39 is 11.9 Å². The molecule has 0 fully saturated rings. The predicted molar refractivity (Wildman–Crippen MR) is 55.8 cm³/mol. The van der Waals surface area contributed by atoms with Gasteiger partial charge >= 0.3 is 6.18 Å². The van der Waals surface area contributed by atoms with Gasteiger partial charge in [-0.3, -0.25) is 0 Å². The Hall–Kier alpha value is -1.28. The van der Waals surface area contributed by atoms with Gasteiger partial charge in [0.25, 0.3) is 0 Å². The van der Waals surface area contributed by atoms with E-state index in [4.69, 9.17) is 5.11 Å². The molecule has 92 valence electrons. The van der Waals surface area contributed by atoms with Crippen molar-refractivity contribution >= 4 is 17.3 Å². The van der Waals surface area contributed by atoms with Crippen molar-refractivity contribution in [2.45, 2.75) is 11.2 Å². The monoisotopic (exact) mass is 263 g/mol. The largest absolute Gasteiger partial charge is 0.435 e. The van der Waals surface area contributed by atoms with E-state index in [-0.39, 0.29) is 6.61 Å². The number of rotatable bonds is 3. The van der Waals surface area contributed by atoms with Gasteiger partial charge in [0, 0.05) is 18.1 Å². The standard InChI is InChI=1S/C9H8F3N3OS/c10-9(11,12)7-5-6-8(17-4-3-16)13-1-2-15(6)14-7/h1-2,5,16H,3-4H2. The van der Waals surface area contributed by atoms with Crippen LogP contribution >= 0.6 is 11.8 Å². The van der Waals surface area contributed by atoms with Crippen molar-refractivity contribution in [3.8, 4) is 0 Å². The van der Waals surface area contributed by atoms with Crippen molar-refractivity contribution < 1.29 is 18.3 Å². The molecule has 0 amide bonds. The fraction of sp³-hybridized carbons (Fsp3) is 0.333. The lowest BCUT2D eigenvalue weighted by molar-refractivity contribution is -0.141. The Labute approximate surface area is 98.5 Å². The molecule has 0 aromatic carbocycles. The summed E-state index contributed by atoms with van der Waals surface area (Å²) in [6.07, 6.45) is -1.74. The SMILES string of the molecule is OCCSc1nccn2nc(C(F)(F)F)cc12. The summed E-state index contributed by atoms with van der Waals surface area (Å²) >= 11 is 1.18. The maximum absolute atomic E-state index is 12.5. The average Bonchev–Trinajstić information content (AvgIpc) is 2.70. The van der Waals surface area contributed by atoms with Crippen molar-refractivity contribution in [3.05, 3.63) is 24.2 Å². The van der Waals surface area contributed by atoms with Gasteiger partial charge in [-0.15, -0.1) is 11.8 Å². The third kappa shape index (κ3) is 2.52. The first-order chi connectivity index (χ1) is 8.02. The van der Waals surface area contributed by atoms with Crippen LogP contribution in [0.15, 0.2) is 23.5 Å². The van der Waals surface area contributed by atoms with E-state index in [0.717, 1.165) is 10.6 Å². The van der Waals surface area contributed by atoms with Crippen LogP contribution in [0.2, 0.25) is 0 Å². The Bertz CT molecular complexity index is 526. The Morgan fingerprint density at radius 2 is 2.18 bits per heavy atom. The number of aromatic nitrogens is 3. The van der Waals surface area contributed by atoms with E-state index >= 15 is 0 Å². The highest BCUT2D eigenvalue weighted by atomic mass is 32.2. The Morgan fingerprint density at radius 3 is 2.82 bits per heavy atom. The Morgan fingerprint density at radius 1 is 1.41 bits per heavy atom. The minimum atomic E-state index is -4.47. The summed E-state index contributed by atoms with van der Waals surface area (Å²) < 4.78 is 38.5. The molecule has 0 aliphatic carbocycles. The first-order valence-electron chi connectivity index (χ1n) is 4.67. The molecule has 0 aliphatic heterocycles. The fourth-order valence-electron chi connectivity index (χ4n) is 1.29. The van der Waals surface area contributed by atoms with Crippen molar-refractivity contribution in [2.24, 2.45) is 0 Å². The molecule has 0 atom stereocenters. The summed E-state index contributed by atoms with van der Waals surface area (Å²) in [6, 6.07) is 0.951.